The monoisotopic (exact) mass is 223 g/mol. The van der Waals surface area contributed by atoms with Crippen molar-refractivity contribution in [3.8, 4) is 11.5 Å². The molecule has 2 N–H and O–H groups in total. The van der Waals surface area contributed by atoms with E-state index < -0.39 is 0 Å². The fourth-order valence-corrected chi connectivity index (χ4v) is 1.71. The Balaban J connectivity index is 2.74. The van der Waals surface area contributed by atoms with Gasteiger partial charge < -0.3 is 10.2 Å². The number of unbranched alkanes of at least 4 members (excludes halogenated alkanes) is 1. The van der Waals surface area contributed by atoms with Crippen LogP contribution < -0.4 is 0 Å². The first-order valence-corrected chi connectivity index (χ1v) is 5.77. The Bertz CT molecular complexity index is 318. The number of nitrogens with zero attached hydrogens (tertiary/aromatic N) is 1. The number of benzene rings is 1. The van der Waals surface area contributed by atoms with Crippen LogP contribution in [-0.4, -0.2) is 28.7 Å². The van der Waals surface area contributed by atoms with Gasteiger partial charge in [0, 0.05) is 12.1 Å². The second kappa shape index (κ2) is 5.75. The van der Waals surface area contributed by atoms with Gasteiger partial charge in [0.05, 0.1) is 0 Å². The summed E-state index contributed by atoms with van der Waals surface area (Å²) in [5, 5.41) is 18.8. The van der Waals surface area contributed by atoms with Crippen LogP contribution in [0.1, 0.15) is 38.3 Å². The van der Waals surface area contributed by atoms with Gasteiger partial charge in [-0.05, 0) is 44.6 Å². The summed E-state index contributed by atoms with van der Waals surface area (Å²) in [7, 11) is 2.06. The van der Waals surface area contributed by atoms with Crippen molar-refractivity contribution in [3.63, 3.8) is 0 Å². The zero-order valence-electron chi connectivity index (χ0n) is 10.3. The SMILES string of the molecule is CCCCN(C)C(C)c1cc(O)cc(O)c1. The Morgan fingerprint density at radius 2 is 1.75 bits per heavy atom. The standard InChI is InChI=1S/C13H21NO2/c1-4-5-6-14(3)10(2)11-7-12(15)9-13(16)8-11/h7-10,15-16H,4-6H2,1-3H3. The molecule has 1 rings (SSSR count). The lowest BCUT2D eigenvalue weighted by molar-refractivity contribution is 0.256. The molecule has 0 saturated carbocycles. The van der Waals surface area contributed by atoms with Crippen LogP contribution >= 0.6 is 0 Å². The van der Waals surface area contributed by atoms with E-state index in [1.807, 2.05) is 0 Å². The zero-order chi connectivity index (χ0) is 12.1. The molecular formula is C13H21NO2. The fraction of sp³-hybridized carbons (Fsp3) is 0.538. The first-order valence-electron chi connectivity index (χ1n) is 5.77. The predicted octanol–water partition coefficient (Wildman–Crippen LogP) is 2.89. The average molecular weight is 223 g/mol. The lowest BCUT2D eigenvalue weighted by Gasteiger charge is -2.25. The Morgan fingerprint density at radius 3 is 2.25 bits per heavy atom. The van der Waals surface area contributed by atoms with Crippen molar-refractivity contribution in [2.45, 2.75) is 32.7 Å². The number of phenols is 2. The molecule has 0 radical (unpaired) electrons. The molecule has 16 heavy (non-hydrogen) atoms. The van der Waals surface area contributed by atoms with Crippen molar-refractivity contribution in [1.82, 2.24) is 4.90 Å². The number of aromatic hydroxyl groups is 2. The van der Waals surface area contributed by atoms with Crippen LogP contribution in [0.5, 0.6) is 11.5 Å². The normalized spacial score (nSPS) is 13.0. The van der Waals surface area contributed by atoms with Crippen LogP contribution in [0.15, 0.2) is 18.2 Å². The van der Waals surface area contributed by atoms with E-state index in [0.29, 0.717) is 0 Å². The molecule has 1 unspecified atom stereocenters. The number of phenolic OH excluding ortho intramolecular Hbond substituents is 2. The molecule has 0 saturated heterocycles. The van der Waals surface area contributed by atoms with E-state index in [-0.39, 0.29) is 17.5 Å². The van der Waals surface area contributed by atoms with Crippen LogP contribution in [0, 0.1) is 0 Å². The Labute approximate surface area is 97.3 Å². The van der Waals surface area contributed by atoms with E-state index in [4.69, 9.17) is 0 Å². The van der Waals surface area contributed by atoms with Crippen LogP contribution in [0.2, 0.25) is 0 Å². The molecule has 1 atom stereocenters. The van der Waals surface area contributed by atoms with Gasteiger partial charge in [0.15, 0.2) is 0 Å². The van der Waals surface area contributed by atoms with E-state index in [1.165, 1.54) is 12.5 Å². The quantitative estimate of drug-likeness (QED) is 0.806. The van der Waals surface area contributed by atoms with E-state index in [0.717, 1.165) is 18.5 Å². The van der Waals surface area contributed by atoms with Crippen molar-refractivity contribution in [2.75, 3.05) is 13.6 Å². The highest BCUT2D eigenvalue weighted by atomic mass is 16.3. The van der Waals surface area contributed by atoms with Crippen molar-refractivity contribution >= 4 is 0 Å². The minimum atomic E-state index is 0.116. The Kier molecular flexibility index (Phi) is 4.62. The van der Waals surface area contributed by atoms with Crippen LogP contribution in [0.4, 0.5) is 0 Å². The largest absolute Gasteiger partial charge is 0.508 e. The second-order valence-corrected chi connectivity index (χ2v) is 4.29. The molecule has 0 amide bonds. The van der Waals surface area contributed by atoms with Crippen molar-refractivity contribution in [1.29, 1.82) is 0 Å². The third-order valence-electron chi connectivity index (χ3n) is 2.93. The number of hydrogen-bond donors (Lipinski definition) is 2. The first kappa shape index (κ1) is 12.8. The molecule has 3 nitrogen and oxygen atoms in total. The first-order chi connectivity index (χ1) is 7.54. The lowest BCUT2D eigenvalue weighted by Crippen LogP contribution is -2.23. The molecule has 0 bridgehead atoms. The molecular weight excluding hydrogens is 202 g/mol. The number of rotatable bonds is 5. The molecule has 0 aliphatic heterocycles. The van der Waals surface area contributed by atoms with Crippen molar-refractivity contribution in [3.05, 3.63) is 23.8 Å². The smallest absolute Gasteiger partial charge is 0.119 e. The zero-order valence-corrected chi connectivity index (χ0v) is 10.3. The molecule has 90 valence electrons. The molecule has 0 aromatic heterocycles. The van der Waals surface area contributed by atoms with E-state index in [2.05, 4.69) is 25.8 Å². The van der Waals surface area contributed by atoms with Gasteiger partial charge in [0.25, 0.3) is 0 Å². The predicted molar refractivity (Wildman–Crippen MR) is 65.7 cm³/mol. The van der Waals surface area contributed by atoms with E-state index in [9.17, 15) is 10.2 Å². The molecule has 0 aliphatic carbocycles. The summed E-state index contributed by atoms with van der Waals surface area (Å²) in [5.41, 5.74) is 0.941. The highest BCUT2D eigenvalue weighted by molar-refractivity contribution is 5.37. The molecule has 1 aromatic carbocycles. The highest BCUT2D eigenvalue weighted by Crippen LogP contribution is 2.27. The van der Waals surface area contributed by atoms with Gasteiger partial charge in [-0.15, -0.1) is 0 Å². The minimum absolute atomic E-state index is 0.116. The van der Waals surface area contributed by atoms with Crippen LogP contribution in [-0.2, 0) is 0 Å². The van der Waals surface area contributed by atoms with Gasteiger partial charge in [-0.2, -0.15) is 0 Å². The minimum Gasteiger partial charge on any atom is -0.508 e. The van der Waals surface area contributed by atoms with Crippen molar-refractivity contribution < 1.29 is 10.2 Å². The Morgan fingerprint density at radius 1 is 1.19 bits per heavy atom. The summed E-state index contributed by atoms with van der Waals surface area (Å²) in [6, 6.07) is 4.95. The van der Waals surface area contributed by atoms with Gasteiger partial charge in [-0.25, -0.2) is 0 Å². The summed E-state index contributed by atoms with van der Waals surface area (Å²) < 4.78 is 0. The topological polar surface area (TPSA) is 43.7 Å². The summed E-state index contributed by atoms with van der Waals surface area (Å²) in [5.74, 6) is 0.233. The van der Waals surface area contributed by atoms with Gasteiger partial charge in [0.2, 0.25) is 0 Å². The van der Waals surface area contributed by atoms with Crippen LogP contribution in [0.3, 0.4) is 0 Å². The maximum absolute atomic E-state index is 9.42. The molecule has 0 heterocycles. The van der Waals surface area contributed by atoms with Gasteiger partial charge in [0.1, 0.15) is 11.5 Å². The fourth-order valence-electron chi connectivity index (χ4n) is 1.71. The molecule has 0 aliphatic rings. The third-order valence-corrected chi connectivity index (χ3v) is 2.93. The summed E-state index contributed by atoms with van der Waals surface area (Å²) in [6.45, 7) is 5.26. The maximum atomic E-state index is 9.42. The van der Waals surface area contributed by atoms with Gasteiger partial charge >= 0.3 is 0 Å². The number of hydrogen-bond acceptors (Lipinski definition) is 3. The summed E-state index contributed by atoms with van der Waals surface area (Å²) >= 11 is 0. The average Bonchev–Trinajstić information content (AvgIpc) is 2.23. The molecule has 1 aromatic rings. The highest BCUT2D eigenvalue weighted by Gasteiger charge is 2.12. The van der Waals surface area contributed by atoms with Crippen molar-refractivity contribution in [2.24, 2.45) is 0 Å². The van der Waals surface area contributed by atoms with E-state index >= 15 is 0 Å². The molecule has 3 heteroatoms. The van der Waals surface area contributed by atoms with Gasteiger partial charge in [-0.3, -0.25) is 4.90 Å². The van der Waals surface area contributed by atoms with E-state index in [1.54, 1.807) is 12.1 Å². The lowest BCUT2D eigenvalue weighted by atomic mass is 10.1. The second-order valence-electron chi connectivity index (χ2n) is 4.29. The maximum Gasteiger partial charge on any atom is 0.119 e. The van der Waals surface area contributed by atoms with Crippen LogP contribution in [0.25, 0.3) is 0 Å². The van der Waals surface area contributed by atoms with Gasteiger partial charge in [-0.1, -0.05) is 13.3 Å². The molecule has 0 spiro atoms. The summed E-state index contributed by atoms with van der Waals surface area (Å²) in [4.78, 5) is 2.22. The Hall–Kier alpha value is -1.22. The summed E-state index contributed by atoms with van der Waals surface area (Å²) in [6.07, 6.45) is 2.33. The molecule has 0 fully saturated rings. The third kappa shape index (κ3) is 3.42.